The van der Waals surface area contributed by atoms with Gasteiger partial charge >= 0.3 is 5.97 Å². The van der Waals surface area contributed by atoms with Gasteiger partial charge in [0.25, 0.3) is 0 Å². The van der Waals surface area contributed by atoms with Gasteiger partial charge in [-0.25, -0.2) is 4.79 Å². The van der Waals surface area contributed by atoms with E-state index in [-0.39, 0.29) is 5.56 Å². The highest BCUT2D eigenvalue weighted by Crippen LogP contribution is 2.32. The van der Waals surface area contributed by atoms with Crippen LogP contribution in [0.4, 0.5) is 11.4 Å². The average molecular weight is 358 g/mol. The second-order valence-corrected chi connectivity index (χ2v) is 6.37. The Hall–Kier alpha value is -3.60. The number of fused-ring (bicyclic) bond motifs is 2. The molecular formula is C22H18N2O3. The predicted molar refractivity (Wildman–Crippen MR) is 107 cm³/mol. The lowest BCUT2D eigenvalue weighted by atomic mass is 10.0. The standard InChI is InChI=1S/C22H18N2O3/c1-13-9-20(17-12-16(27-2)7-8-19(17)23-13)24-21-11-15-6-4-3-5-14(15)10-18(21)22(25)26/h3-12H,1-2H3,(H,23,24)(H,25,26). The summed E-state index contributed by atoms with van der Waals surface area (Å²) in [7, 11) is 1.61. The minimum atomic E-state index is -0.976. The van der Waals surface area contributed by atoms with Crippen LogP contribution in [0.1, 0.15) is 16.1 Å². The van der Waals surface area contributed by atoms with Crippen molar-refractivity contribution < 1.29 is 14.6 Å². The zero-order chi connectivity index (χ0) is 19.0. The summed E-state index contributed by atoms with van der Waals surface area (Å²) in [6.07, 6.45) is 0. The summed E-state index contributed by atoms with van der Waals surface area (Å²) in [6.45, 7) is 1.91. The van der Waals surface area contributed by atoms with E-state index in [2.05, 4.69) is 10.3 Å². The fourth-order valence-electron chi connectivity index (χ4n) is 3.23. The molecule has 1 heterocycles. The topological polar surface area (TPSA) is 71.5 Å². The first kappa shape index (κ1) is 16.8. The predicted octanol–water partition coefficient (Wildman–Crippen LogP) is 5.15. The van der Waals surface area contributed by atoms with Crippen molar-refractivity contribution in [3.63, 3.8) is 0 Å². The summed E-state index contributed by atoms with van der Waals surface area (Å²) >= 11 is 0. The summed E-state index contributed by atoms with van der Waals surface area (Å²) in [5, 5.41) is 15.7. The van der Waals surface area contributed by atoms with Gasteiger partial charge in [0.1, 0.15) is 5.75 Å². The maximum Gasteiger partial charge on any atom is 0.337 e. The molecular weight excluding hydrogens is 340 g/mol. The lowest BCUT2D eigenvalue weighted by molar-refractivity contribution is 0.0698. The Bertz CT molecular complexity index is 1180. The van der Waals surface area contributed by atoms with Crippen molar-refractivity contribution in [2.45, 2.75) is 6.92 Å². The molecule has 27 heavy (non-hydrogen) atoms. The number of hydrogen-bond donors (Lipinski definition) is 2. The van der Waals surface area contributed by atoms with Crippen molar-refractivity contribution in [1.29, 1.82) is 0 Å². The molecule has 4 aromatic rings. The van der Waals surface area contributed by atoms with Crippen LogP contribution < -0.4 is 10.1 Å². The van der Waals surface area contributed by atoms with E-state index in [1.54, 1.807) is 13.2 Å². The number of nitrogens with zero attached hydrogens (tertiary/aromatic N) is 1. The molecule has 0 saturated heterocycles. The third-order valence-electron chi connectivity index (χ3n) is 4.53. The molecule has 1 aromatic heterocycles. The molecule has 0 saturated carbocycles. The highest BCUT2D eigenvalue weighted by Gasteiger charge is 2.14. The van der Waals surface area contributed by atoms with Gasteiger partial charge in [0.05, 0.1) is 23.9 Å². The number of hydrogen-bond acceptors (Lipinski definition) is 4. The first-order valence-electron chi connectivity index (χ1n) is 8.53. The van der Waals surface area contributed by atoms with Crippen LogP contribution in [0.15, 0.2) is 60.7 Å². The van der Waals surface area contributed by atoms with Crippen LogP contribution in [-0.2, 0) is 0 Å². The van der Waals surface area contributed by atoms with Crippen LogP contribution in [0.3, 0.4) is 0 Å². The number of aromatic nitrogens is 1. The Kier molecular flexibility index (Phi) is 4.12. The number of carboxylic acids is 1. The smallest absolute Gasteiger partial charge is 0.337 e. The maximum absolute atomic E-state index is 11.8. The number of rotatable bonds is 4. The summed E-state index contributed by atoms with van der Waals surface area (Å²) in [5.74, 6) is -0.260. The molecule has 0 atom stereocenters. The normalized spacial score (nSPS) is 10.9. The first-order chi connectivity index (χ1) is 13.0. The minimum Gasteiger partial charge on any atom is -0.497 e. The van der Waals surface area contributed by atoms with Crippen LogP contribution in [-0.4, -0.2) is 23.2 Å². The molecule has 0 unspecified atom stereocenters. The molecule has 2 N–H and O–H groups in total. The molecule has 0 fully saturated rings. The van der Waals surface area contributed by atoms with E-state index in [9.17, 15) is 9.90 Å². The number of methoxy groups -OCH3 is 1. The van der Waals surface area contributed by atoms with Gasteiger partial charge < -0.3 is 15.2 Å². The Morgan fingerprint density at radius 1 is 1.00 bits per heavy atom. The number of carboxylic acid groups (broad SMARTS) is 1. The molecule has 0 bridgehead atoms. The number of nitrogens with one attached hydrogen (secondary N) is 1. The molecule has 5 nitrogen and oxygen atoms in total. The van der Waals surface area contributed by atoms with E-state index < -0.39 is 5.97 Å². The van der Waals surface area contributed by atoms with E-state index >= 15 is 0 Å². The molecule has 0 spiro atoms. The largest absolute Gasteiger partial charge is 0.497 e. The Morgan fingerprint density at radius 2 is 1.74 bits per heavy atom. The van der Waals surface area contributed by atoms with E-state index in [4.69, 9.17) is 4.74 Å². The SMILES string of the molecule is COc1ccc2nc(C)cc(Nc3cc4ccccc4cc3C(=O)O)c2c1. The number of benzene rings is 3. The number of pyridine rings is 1. The van der Waals surface area contributed by atoms with Gasteiger partial charge in [0, 0.05) is 16.8 Å². The highest BCUT2D eigenvalue weighted by molar-refractivity contribution is 6.03. The molecule has 0 radical (unpaired) electrons. The zero-order valence-corrected chi connectivity index (χ0v) is 15.0. The first-order valence-corrected chi connectivity index (χ1v) is 8.53. The van der Waals surface area contributed by atoms with Crippen LogP contribution >= 0.6 is 0 Å². The summed E-state index contributed by atoms with van der Waals surface area (Å²) in [6, 6.07) is 18.8. The van der Waals surface area contributed by atoms with Crippen LogP contribution in [0, 0.1) is 6.92 Å². The molecule has 0 amide bonds. The van der Waals surface area contributed by atoms with Crippen LogP contribution in [0.25, 0.3) is 21.7 Å². The van der Waals surface area contributed by atoms with Crippen molar-refractivity contribution in [3.8, 4) is 5.75 Å². The average Bonchev–Trinajstić information content (AvgIpc) is 2.67. The number of carbonyl (C=O) groups is 1. The number of aryl methyl sites for hydroxylation is 1. The Balaban J connectivity index is 1.91. The molecule has 0 aliphatic heterocycles. The molecule has 5 heteroatoms. The third kappa shape index (κ3) is 3.15. The lowest BCUT2D eigenvalue weighted by Crippen LogP contribution is -2.04. The minimum absolute atomic E-state index is 0.221. The second-order valence-electron chi connectivity index (χ2n) is 6.37. The lowest BCUT2D eigenvalue weighted by Gasteiger charge is -2.14. The van der Waals surface area contributed by atoms with E-state index in [0.29, 0.717) is 11.4 Å². The number of aromatic carboxylic acids is 1. The van der Waals surface area contributed by atoms with Gasteiger partial charge in [0.15, 0.2) is 0 Å². The fraction of sp³-hybridized carbons (Fsp3) is 0.0909. The van der Waals surface area contributed by atoms with Gasteiger partial charge in [-0.15, -0.1) is 0 Å². The van der Waals surface area contributed by atoms with Gasteiger partial charge in [-0.05, 0) is 54.1 Å². The van der Waals surface area contributed by atoms with Crippen LogP contribution in [0.5, 0.6) is 5.75 Å². The molecule has 4 rings (SSSR count). The van der Waals surface area contributed by atoms with Gasteiger partial charge in [-0.1, -0.05) is 24.3 Å². The fourth-order valence-corrected chi connectivity index (χ4v) is 3.23. The van der Waals surface area contributed by atoms with E-state index in [1.807, 2.05) is 61.5 Å². The zero-order valence-electron chi connectivity index (χ0n) is 15.0. The summed E-state index contributed by atoms with van der Waals surface area (Å²) in [4.78, 5) is 16.4. The number of anilines is 2. The quantitative estimate of drug-likeness (QED) is 0.528. The maximum atomic E-state index is 11.8. The number of ether oxygens (including phenoxy) is 1. The summed E-state index contributed by atoms with van der Waals surface area (Å²) in [5.41, 5.74) is 3.20. The van der Waals surface area contributed by atoms with Crippen molar-refractivity contribution in [1.82, 2.24) is 4.98 Å². The van der Waals surface area contributed by atoms with Crippen molar-refractivity contribution in [2.24, 2.45) is 0 Å². The third-order valence-corrected chi connectivity index (χ3v) is 4.53. The second kappa shape index (κ2) is 6.61. The van der Waals surface area contributed by atoms with Crippen molar-refractivity contribution >= 4 is 39.0 Å². The molecule has 134 valence electrons. The van der Waals surface area contributed by atoms with Crippen LogP contribution in [0.2, 0.25) is 0 Å². The molecule has 0 aliphatic carbocycles. The van der Waals surface area contributed by atoms with E-state index in [0.717, 1.165) is 33.1 Å². The Labute approximate surface area is 156 Å². The van der Waals surface area contributed by atoms with Gasteiger partial charge in [-0.3, -0.25) is 4.98 Å². The Morgan fingerprint density at radius 3 is 2.44 bits per heavy atom. The molecule has 0 aliphatic rings. The van der Waals surface area contributed by atoms with Crippen molar-refractivity contribution in [2.75, 3.05) is 12.4 Å². The van der Waals surface area contributed by atoms with Crippen molar-refractivity contribution in [3.05, 3.63) is 71.9 Å². The van der Waals surface area contributed by atoms with Gasteiger partial charge in [0.2, 0.25) is 0 Å². The van der Waals surface area contributed by atoms with E-state index in [1.165, 1.54) is 0 Å². The summed E-state index contributed by atoms with van der Waals surface area (Å²) < 4.78 is 5.33. The van der Waals surface area contributed by atoms with Gasteiger partial charge in [-0.2, -0.15) is 0 Å². The highest BCUT2D eigenvalue weighted by atomic mass is 16.5. The monoisotopic (exact) mass is 358 g/mol. The molecule has 3 aromatic carbocycles.